The molecular weight excluding hydrogens is 320 g/mol. The molecule has 2 aromatic rings. The van der Waals surface area contributed by atoms with Gasteiger partial charge in [-0.05, 0) is 48.9 Å². The van der Waals surface area contributed by atoms with Crippen molar-refractivity contribution in [3.8, 4) is 5.75 Å². The van der Waals surface area contributed by atoms with E-state index in [0.717, 1.165) is 0 Å². The Hall–Kier alpha value is -2.96. The largest absolute Gasteiger partial charge is 0.465 e. The molecule has 0 bridgehead atoms. The number of rotatable bonds is 5. The molecule has 0 saturated carbocycles. The van der Waals surface area contributed by atoms with E-state index >= 15 is 0 Å². The molecule has 0 aliphatic heterocycles. The van der Waals surface area contributed by atoms with E-state index in [1.807, 2.05) is 0 Å². The molecule has 126 valence electrons. The van der Waals surface area contributed by atoms with Crippen LogP contribution in [0.25, 0.3) is 0 Å². The van der Waals surface area contributed by atoms with Crippen LogP contribution in [0.4, 0.5) is 14.5 Å². The van der Waals surface area contributed by atoms with Gasteiger partial charge in [-0.15, -0.1) is 0 Å². The van der Waals surface area contributed by atoms with Crippen LogP contribution in [0.5, 0.6) is 5.75 Å². The molecule has 0 aromatic heterocycles. The van der Waals surface area contributed by atoms with Crippen molar-refractivity contribution < 1.29 is 27.8 Å². The maximum atomic E-state index is 12.2. The molecular formula is C17H15F2NO4. The molecule has 1 N–H and O–H groups in total. The van der Waals surface area contributed by atoms with Gasteiger partial charge in [0.05, 0.1) is 12.7 Å². The van der Waals surface area contributed by atoms with Crippen LogP contribution in [0.3, 0.4) is 0 Å². The average molecular weight is 335 g/mol. The molecule has 0 heterocycles. The van der Waals surface area contributed by atoms with Gasteiger partial charge in [0.2, 0.25) is 0 Å². The Morgan fingerprint density at radius 2 is 1.83 bits per heavy atom. The van der Waals surface area contributed by atoms with Crippen LogP contribution in [0.2, 0.25) is 0 Å². The van der Waals surface area contributed by atoms with E-state index in [0.29, 0.717) is 16.8 Å². The van der Waals surface area contributed by atoms with E-state index in [9.17, 15) is 18.4 Å². The average Bonchev–Trinajstić information content (AvgIpc) is 2.55. The SMILES string of the molecule is COC(=O)c1ccc(NC(=O)c2cccc(OC(F)F)c2)c(C)c1. The van der Waals surface area contributed by atoms with Crippen molar-refractivity contribution in [1.82, 2.24) is 0 Å². The number of hydrogen-bond acceptors (Lipinski definition) is 4. The first-order chi connectivity index (χ1) is 11.4. The van der Waals surface area contributed by atoms with Crippen LogP contribution in [0.15, 0.2) is 42.5 Å². The summed E-state index contributed by atoms with van der Waals surface area (Å²) in [5.41, 5.74) is 1.68. The van der Waals surface area contributed by atoms with Crippen molar-refractivity contribution in [2.24, 2.45) is 0 Å². The summed E-state index contributed by atoms with van der Waals surface area (Å²) in [6.45, 7) is -1.24. The summed E-state index contributed by atoms with van der Waals surface area (Å²) >= 11 is 0. The van der Waals surface area contributed by atoms with Crippen molar-refractivity contribution in [3.05, 3.63) is 59.2 Å². The Balaban J connectivity index is 2.16. The lowest BCUT2D eigenvalue weighted by Gasteiger charge is -2.11. The monoisotopic (exact) mass is 335 g/mol. The van der Waals surface area contributed by atoms with Crippen LogP contribution in [0, 0.1) is 6.92 Å². The van der Waals surface area contributed by atoms with E-state index in [2.05, 4.69) is 14.8 Å². The van der Waals surface area contributed by atoms with Gasteiger partial charge in [0.1, 0.15) is 5.75 Å². The topological polar surface area (TPSA) is 64.6 Å². The first-order valence-electron chi connectivity index (χ1n) is 6.96. The minimum absolute atomic E-state index is 0.101. The second-order valence-electron chi connectivity index (χ2n) is 4.88. The zero-order valence-corrected chi connectivity index (χ0v) is 13.0. The van der Waals surface area contributed by atoms with Crippen LogP contribution in [-0.4, -0.2) is 25.6 Å². The number of aryl methyl sites for hydroxylation is 1. The Morgan fingerprint density at radius 1 is 1.08 bits per heavy atom. The molecule has 0 atom stereocenters. The third-order valence-electron chi connectivity index (χ3n) is 3.22. The minimum atomic E-state index is -2.96. The van der Waals surface area contributed by atoms with Gasteiger partial charge < -0.3 is 14.8 Å². The fourth-order valence-electron chi connectivity index (χ4n) is 2.06. The summed E-state index contributed by atoms with van der Waals surface area (Å²) in [6, 6.07) is 10.1. The van der Waals surface area contributed by atoms with Crippen molar-refractivity contribution in [1.29, 1.82) is 0 Å². The van der Waals surface area contributed by atoms with Crippen LogP contribution in [-0.2, 0) is 4.74 Å². The second kappa shape index (κ2) is 7.54. The maximum Gasteiger partial charge on any atom is 0.387 e. The highest BCUT2D eigenvalue weighted by molar-refractivity contribution is 6.05. The molecule has 0 fully saturated rings. The number of halogens is 2. The number of nitrogens with one attached hydrogen (secondary N) is 1. The van der Waals surface area contributed by atoms with E-state index in [1.165, 1.54) is 37.4 Å². The molecule has 7 heteroatoms. The summed E-state index contributed by atoms with van der Waals surface area (Å²) < 4.78 is 33.3. The summed E-state index contributed by atoms with van der Waals surface area (Å²) in [5.74, 6) is -1.06. The summed E-state index contributed by atoms with van der Waals surface area (Å²) in [5, 5.41) is 2.66. The van der Waals surface area contributed by atoms with Crippen LogP contribution >= 0.6 is 0 Å². The quantitative estimate of drug-likeness (QED) is 0.848. The van der Waals surface area contributed by atoms with Gasteiger partial charge in [-0.2, -0.15) is 8.78 Å². The number of benzene rings is 2. The van der Waals surface area contributed by atoms with Crippen molar-refractivity contribution in [2.75, 3.05) is 12.4 Å². The predicted octanol–water partition coefficient (Wildman–Crippen LogP) is 3.64. The van der Waals surface area contributed by atoms with Gasteiger partial charge in [0.15, 0.2) is 0 Å². The number of hydrogen-bond donors (Lipinski definition) is 1. The van der Waals surface area contributed by atoms with Crippen molar-refractivity contribution in [2.45, 2.75) is 13.5 Å². The molecule has 0 aliphatic rings. The molecule has 0 radical (unpaired) electrons. The lowest BCUT2D eigenvalue weighted by molar-refractivity contribution is -0.0498. The van der Waals surface area contributed by atoms with Gasteiger partial charge in [-0.3, -0.25) is 4.79 Å². The van der Waals surface area contributed by atoms with Gasteiger partial charge in [0, 0.05) is 11.3 Å². The molecule has 0 unspecified atom stereocenters. The number of alkyl halides is 2. The van der Waals surface area contributed by atoms with Crippen molar-refractivity contribution >= 4 is 17.6 Å². The van der Waals surface area contributed by atoms with Crippen molar-refractivity contribution in [3.63, 3.8) is 0 Å². The van der Waals surface area contributed by atoms with Gasteiger partial charge in [-0.25, -0.2) is 4.79 Å². The third-order valence-corrected chi connectivity index (χ3v) is 3.22. The Morgan fingerprint density at radius 3 is 2.46 bits per heavy atom. The van der Waals surface area contributed by atoms with E-state index < -0.39 is 18.5 Å². The smallest absolute Gasteiger partial charge is 0.387 e. The van der Waals surface area contributed by atoms with Crippen LogP contribution in [0.1, 0.15) is 26.3 Å². The fourth-order valence-corrected chi connectivity index (χ4v) is 2.06. The van der Waals surface area contributed by atoms with Gasteiger partial charge >= 0.3 is 12.6 Å². The lowest BCUT2D eigenvalue weighted by atomic mass is 10.1. The summed E-state index contributed by atoms with van der Waals surface area (Å²) in [4.78, 5) is 23.7. The molecule has 2 aromatic carbocycles. The number of methoxy groups -OCH3 is 1. The van der Waals surface area contributed by atoms with E-state index in [1.54, 1.807) is 19.1 Å². The second-order valence-corrected chi connectivity index (χ2v) is 4.88. The zero-order chi connectivity index (χ0) is 17.7. The molecule has 5 nitrogen and oxygen atoms in total. The number of carbonyl (C=O) groups excluding carboxylic acids is 2. The standard InChI is InChI=1S/C17H15F2NO4/c1-10-8-12(16(22)23-2)6-7-14(10)20-15(21)11-4-3-5-13(9-11)24-17(18)19/h3-9,17H,1-2H3,(H,20,21). The predicted molar refractivity (Wildman–Crippen MR) is 83.5 cm³/mol. The number of esters is 1. The normalized spacial score (nSPS) is 10.4. The fraction of sp³-hybridized carbons (Fsp3) is 0.176. The number of ether oxygens (including phenoxy) is 2. The minimum Gasteiger partial charge on any atom is -0.465 e. The first kappa shape index (κ1) is 17.4. The van der Waals surface area contributed by atoms with Crippen LogP contribution < -0.4 is 10.1 Å². The summed E-state index contributed by atoms with van der Waals surface area (Å²) in [7, 11) is 1.28. The number of amides is 1. The maximum absolute atomic E-state index is 12.2. The Labute approximate surface area is 137 Å². The first-order valence-corrected chi connectivity index (χ1v) is 6.96. The Bertz CT molecular complexity index is 762. The molecule has 1 amide bonds. The van der Waals surface area contributed by atoms with Gasteiger partial charge in [-0.1, -0.05) is 6.07 Å². The van der Waals surface area contributed by atoms with E-state index in [4.69, 9.17) is 0 Å². The molecule has 24 heavy (non-hydrogen) atoms. The van der Waals surface area contributed by atoms with Gasteiger partial charge in [0.25, 0.3) is 5.91 Å². The molecule has 0 aliphatic carbocycles. The number of carbonyl (C=O) groups is 2. The Kier molecular flexibility index (Phi) is 5.47. The third kappa shape index (κ3) is 4.28. The summed E-state index contributed by atoms with van der Waals surface area (Å²) in [6.07, 6.45) is 0. The highest BCUT2D eigenvalue weighted by atomic mass is 19.3. The highest BCUT2D eigenvalue weighted by Gasteiger charge is 2.12. The van der Waals surface area contributed by atoms with E-state index in [-0.39, 0.29) is 11.3 Å². The molecule has 2 rings (SSSR count). The lowest BCUT2D eigenvalue weighted by Crippen LogP contribution is -2.13. The molecule has 0 saturated heterocycles. The number of anilines is 1. The highest BCUT2D eigenvalue weighted by Crippen LogP contribution is 2.20. The molecule has 0 spiro atoms. The zero-order valence-electron chi connectivity index (χ0n) is 13.0.